The Balaban J connectivity index is 2.38. The number of anilines is 1. The maximum Gasteiger partial charge on any atom is 0.433 e. The van der Waals surface area contributed by atoms with Crippen molar-refractivity contribution in [2.75, 3.05) is 37.5 Å². The highest BCUT2D eigenvalue weighted by Crippen LogP contribution is 2.31. The molecule has 0 aromatic carbocycles. The molecule has 0 aliphatic rings. The van der Waals surface area contributed by atoms with Gasteiger partial charge in [-0.1, -0.05) is 0 Å². The number of nitrogens with one attached hydrogen (secondary N) is 2. The first-order valence-corrected chi connectivity index (χ1v) is 6.25. The van der Waals surface area contributed by atoms with Crippen molar-refractivity contribution in [3.63, 3.8) is 0 Å². The number of aromatic nitrogens is 3. The van der Waals surface area contributed by atoms with Gasteiger partial charge in [-0.15, -0.1) is 0 Å². The number of aliphatic hydroxyl groups excluding tert-OH is 1. The predicted octanol–water partition coefficient (Wildman–Crippen LogP) is -0.122. The summed E-state index contributed by atoms with van der Waals surface area (Å²) in [6.07, 6.45) is -4.68. The van der Waals surface area contributed by atoms with Gasteiger partial charge in [-0.05, 0) is 6.07 Å². The molecule has 0 radical (unpaired) electrons. The summed E-state index contributed by atoms with van der Waals surface area (Å²) in [4.78, 5) is 17.5. The molecule has 0 spiro atoms. The molecular weight excluding hydrogens is 307 g/mol. The fourth-order valence-electron chi connectivity index (χ4n) is 1.87. The normalized spacial score (nSPS) is 12.0. The number of hydrogen-bond acceptors (Lipinski definition) is 6. The highest BCUT2D eigenvalue weighted by atomic mass is 19.4. The third-order valence-corrected chi connectivity index (χ3v) is 2.73. The third-order valence-electron chi connectivity index (χ3n) is 2.73. The molecule has 2 aromatic rings. The minimum atomic E-state index is -4.68. The number of aromatic amines is 1. The van der Waals surface area contributed by atoms with Crippen LogP contribution in [0.15, 0.2) is 10.9 Å². The quantitative estimate of drug-likeness (QED) is 0.551. The Hall–Kier alpha value is -2.27. The number of ether oxygens (including phenoxy) is 1. The Kier molecular flexibility index (Phi) is 4.56. The second-order valence-electron chi connectivity index (χ2n) is 4.30. The van der Waals surface area contributed by atoms with E-state index in [-0.39, 0.29) is 43.3 Å². The van der Waals surface area contributed by atoms with Gasteiger partial charge in [0.2, 0.25) is 5.95 Å². The van der Waals surface area contributed by atoms with Crippen molar-refractivity contribution < 1.29 is 23.0 Å². The molecule has 0 atom stereocenters. The molecule has 2 rings (SSSR count). The number of hydrogen-bond donors (Lipinski definition) is 4. The van der Waals surface area contributed by atoms with Crippen LogP contribution in [0.3, 0.4) is 0 Å². The van der Waals surface area contributed by atoms with Crippen LogP contribution < -0.4 is 16.7 Å². The molecule has 2 heterocycles. The molecule has 122 valence electrons. The topological polar surface area (TPSA) is 118 Å². The van der Waals surface area contributed by atoms with E-state index in [1.54, 1.807) is 0 Å². The van der Waals surface area contributed by atoms with Crippen molar-refractivity contribution >= 4 is 17.0 Å². The zero-order chi connectivity index (χ0) is 16.3. The Morgan fingerprint density at radius 1 is 1.45 bits per heavy atom. The monoisotopic (exact) mass is 321 g/mol. The van der Waals surface area contributed by atoms with Crippen LogP contribution in [-0.2, 0) is 10.9 Å². The van der Waals surface area contributed by atoms with Crippen molar-refractivity contribution in [3.05, 3.63) is 22.1 Å². The van der Waals surface area contributed by atoms with Crippen molar-refractivity contribution in [3.8, 4) is 0 Å². The summed E-state index contributed by atoms with van der Waals surface area (Å²) >= 11 is 0. The molecule has 0 unspecified atom stereocenters. The van der Waals surface area contributed by atoms with Crippen LogP contribution in [0.25, 0.3) is 11.0 Å². The largest absolute Gasteiger partial charge is 0.433 e. The fourth-order valence-corrected chi connectivity index (χ4v) is 1.87. The first kappa shape index (κ1) is 16.1. The number of H-pyrrole nitrogens is 1. The van der Waals surface area contributed by atoms with Gasteiger partial charge in [-0.3, -0.25) is 9.78 Å². The zero-order valence-electron chi connectivity index (χ0n) is 11.3. The highest BCUT2D eigenvalue weighted by Gasteiger charge is 2.36. The van der Waals surface area contributed by atoms with Crippen LogP contribution in [0.1, 0.15) is 5.69 Å². The zero-order valence-corrected chi connectivity index (χ0v) is 11.3. The molecule has 0 amide bonds. The van der Waals surface area contributed by atoms with E-state index in [0.29, 0.717) is 10.7 Å². The Labute approximate surface area is 121 Å². The van der Waals surface area contributed by atoms with Crippen LogP contribution in [0, 0.1) is 0 Å². The second kappa shape index (κ2) is 6.23. The lowest BCUT2D eigenvalue weighted by Crippen LogP contribution is -2.26. The summed E-state index contributed by atoms with van der Waals surface area (Å²) in [6.45, 7) is -0.0315. The van der Waals surface area contributed by atoms with E-state index in [1.807, 2.05) is 0 Å². The maximum absolute atomic E-state index is 13.1. The molecule has 0 bridgehead atoms. The van der Waals surface area contributed by atoms with E-state index in [4.69, 9.17) is 15.6 Å². The van der Waals surface area contributed by atoms with Gasteiger partial charge in [-0.2, -0.15) is 18.2 Å². The lowest BCUT2D eigenvalue weighted by molar-refractivity contribution is -0.142. The summed E-state index contributed by atoms with van der Waals surface area (Å²) in [5, 5.41) is 8.31. The standard InChI is InChI=1S/C11H14F3N5O3/c12-11(13,14)7-5-6-8(17-10(15)18-9(6)21)19(7)16-1-3-22-4-2-20/h5,16,20H,1-4H2,(H3,15,17,18,21). The molecule has 0 fully saturated rings. The van der Waals surface area contributed by atoms with Crippen LogP contribution in [0.5, 0.6) is 0 Å². The first-order valence-electron chi connectivity index (χ1n) is 6.25. The Morgan fingerprint density at radius 2 is 2.18 bits per heavy atom. The van der Waals surface area contributed by atoms with Gasteiger partial charge in [0.15, 0.2) is 5.65 Å². The van der Waals surface area contributed by atoms with Gasteiger partial charge in [0.1, 0.15) is 5.69 Å². The van der Waals surface area contributed by atoms with Gasteiger partial charge in [-0.25, -0.2) is 4.68 Å². The van der Waals surface area contributed by atoms with Gasteiger partial charge in [0, 0.05) is 0 Å². The Morgan fingerprint density at radius 3 is 2.82 bits per heavy atom. The summed E-state index contributed by atoms with van der Waals surface area (Å²) in [6, 6.07) is 0.697. The Bertz CT molecular complexity index is 709. The number of rotatable bonds is 6. The highest BCUT2D eigenvalue weighted by molar-refractivity contribution is 5.78. The van der Waals surface area contributed by atoms with Crippen LogP contribution in [0.2, 0.25) is 0 Å². The number of fused-ring (bicyclic) bond motifs is 1. The SMILES string of the molecule is Nc1nc2c(cc(C(F)(F)F)n2NCCOCCO)c(=O)[nH]1. The molecule has 22 heavy (non-hydrogen) atoms. The maximum atomic E-state index is 13.1. The summed E-state index contributed by atoms with van der Waals surface area (Å²) in [5.74, 6) is -0.288. The van der Waals surface area contributed by atoms with Crippen LogP contribution in [0.4, 0.5) is 19.1 Å². The molecule has 2 aromatic heterocycles. The van der Waals surface area contributed by atoms with E-state index in [2.05, 4.69) is 15.4 Å². The minimum absolute atomic E-state index is 0.0151. The predicted molar refractivity (Wildman–Crippen MR) is 71.9 cm³/mol. The van der Waals surface area contributed by atoms with E-state index in [9.17, 15) is 18.0 Å². The van der Waals surface area contributed by atoms with E-state index in [0.717, 1.165) is 0 Å². The number of alkyl halides is 3. The average molecular weight is 321 g/mol. The fraction of sp³-hybridized carbons (Fsp3) is 0.455. The lowest BCUT2D eigenvalue weighted by atomic mass is 10.3. The van der Waals surface area contributed by atoms with Crippen molar-refractivity contribution in [1.29, 1.82) is 0 Å². The molecule has 0 saturated carbocycles. The summed E-state index contributed by atoms with van der Waals surface area (Å²) in [5.41, 5.74) is 5.78. The molecule has 0 aliphatic heterocycles. The van der Waals surface area contributed by atoms with E-state index in [1.165, 1.54) is 0 Å². The first-order chi connectivity index (χ1) is 10.3. The third kappa shape index (κ3) is 3.31. The smallest absolute Gasteiger partial charge is 0.394 e. The van der Waals surface area contributed by atoms with Gasteiger partial charge >= 0.3 is 6.18 Å². The molecule has 0 saturated heterocycles. The summed E-state index contributed by atoms with van der Waals surface area (Å²) < 4.78 is 44.8. The van der Waals surface area contributed by atoms with Gasteiger partial charge in [0.25, 0.3) is 5.56 Å². The molecular formula is C11H14F3N5O3. The number of aliphatic hydroxyl groups is 1. The summed E-state index contributed by atoms with van der Waals surface area (Å²) in [7, 11) is 0. The molecule has 8 nitrogen and oxygen atoms in total. The minimum Gasteiger partial charge on any atom is -0.394 e. The number of halogens is 3. The number of nitrogen functional groups attached to an aromatic ring is 1. The van der Waals surface area contributed by atoms with E-state index < -0.39 is 17.4 Å². The lowest BCUT2D eigenvalue weighted by Gasteiger charge is -2.14. The van der Waals surface area contributed by atoms with Crippen LogP contribution >= 0.6 is 0 Å². The van der Waals surface area contributed by atoms with Crippen molar-refractivity contribution in [1.82, 2.24) is 14.6 Å². The molecule has 5 N–H and O–H groups in total. The van der Waals surface area contributed by atoms with Gasteiger partial charge < -0.3 is 21.0 Å². The number of nitrogens with zero attached hydrogens (tertiary/aromatic N) is 2. The average Bonchev–Trinajstić information content (AvgIpc) is 2.77. The number of nitrogens with two attached hydrogens (primary N) is 1. The van der Waals surface area contributed by atoms with Crippen LogP contribution in [-0.4, -0.2) is 46.1 Å². The second-order valence-corrected chi connectivity index (χ2v) is 4.30. The van der Waals surface area contributed by atoms with E-state index >= 15 is 0 Å². The van der Waals surface area contributed by atoms with Crippen molar-refractivity contribution in [2.24, 2.45) is 0 Å². The van der Waals surface area contributed by atoms with Gasteiger partial charge in [0.05, 0.1) is 31.8 Å². The van der Waals surface area contributed by atoms with Crippen molar-refractivity contribution in [2.45, 2.75) is 6.18 Å². The molecule has 0 aliphatic carbocycles. The molecule has 11 heteroatoms.